The Morgan fingerprint density at radius 3 is 2.89 bits per heavy atom. The van der Waals surface area contributed by atoms with E-state index in [1.54, 1.807) is 0 Å². The maximum Gasteiger partial charge on any atom is 0.222 e. The van der Waals surface area contributed by atoms with Gasteiger partial charge in [0, 0.05) is 6.04 Å². The van der Waals surface area contributed by atoms with Crippen molar-refractivity contribution >= 4 is 6.29 Å². The van der Waals surface area contributed by atoms with Crippen molar-refractivity contribution in [2.45, 2.75) is 18.0 Å². The third-order valence-electron chi connectivity index (χ3n) is 1.94. The van der Waals surface area contributed by atoms with Gasteiger partial charge in [0.2, 0.25) is 6.29 Å². The number of carbonyl (C=O) groups excluding carboxylic acids is 1. The molecule has 3 fully saturated rings. The van der Waals surface area contributed by atoms with E-state index in [0.29, 0.717) is 12.6 Å². The first-order valence-corrected chi connectivity index (χ1v) is 3.09. The summed E-state index contributed by atoms with van der Waals surface area (Å²) < 4.78 is 5.10. The highest BCUT2D eigenvalue weighted by Crippen LogP contribution is 2.27. The number of fused-ring (bicyclic) bond motifs is 2. The van der Waals surface area contributed by atoms with Crippen LogP contribution in [0.2, 0.25) is 0 Å². The van der Waals surface area contributed by atoms with Gasteiger partial charge in [0.15, 0.2) is 0 Å². The fourth-order valence-corrected chi connectivity index (χ4v) is 1.47. The van der Waals surface area contributed by atoms with E-state index in [1.165, 1.54) is 0 Å². The molecule has 1 N–H and O–H groups in total. The summed E-state index contributed by atoms with van der Waals surface area (Å²) in [6, 6.07) is 0.417. The second-order valence-electron chi connectivity index (χ2n) is 2.74. The van der Waals surface area contributed by atoms with Crippen molar-refractivity contribution in [3.05, 3.63) is 0 Å². The second kappa shape index (κ2) is 1.55. The Labute approximate surface area is 53.4 Å². The molecule has 0 aromatic carbocycles. The fraction of sp³-hybridized carbons (Fsp3) is 0.833. The Balaban J connectivity index is 2.09. The van der Waals surface area contributed by atoms with Crippen molar-refractivity contribution in [3.63, 3.8) is 0 Å². The van der Waals surface area contributed by atoms with Crippen molar-refractivity contribution in [1.29, 1.82) is 0 Å². The van der Waals surface area contributed by atoms with E-state index < -0.39 is 5.54 Å². The molecule has 3 saturated heterocycles. The summed E-state index contributed by atoms with van der Waals surface area (Å²) in [7, 11) is 0. The molecule has 3 heterocycles. The maximum atomic E-state index is 10.3. The second-order valence-corrected chi connectivity index (χ2v) is 2.74. The standard InChI is InChI=1S/C6H8NO2/c8-3-6-1-5(7-6)2-9-4-6/h5,7H,1-2,4H2. The van der Waals surface area contributed by atoms with Gasteiger partial charge in [-0.3, -0.25) is 10.1 Å². The molecule has 3 aliphatic heterocycles. The molecule has 49 valence electrons. The highest BCUT2D eigenvalue weighted by molar-refractivity contribution is 5.68. The zero-order valence-corrected chi connectivity index (χ0v) is 5.02. The lowest BCUT2D eigenvalue weighted by Gasteiger charge is -2.48. The van der Waals surface area contributed by atoms with E-state index in [-0.39, 0.29) is 0 Å². The smallest absolute Gasteiger partial charge is 0.222 e. The van der Waals surface area contributed by atoms with Gasteiger partial charge in [-0.05, 0) is 6.42 Å². The monoisotopic (exact) mass is 126 g/mol. The minimum absolute atomic E-state index is 0.414. The minimum Gasteiger partial charge on any atom is -0.377 e. The van der Waals surface area contributed by atoms with E-state index >= 15 is 0 Å². The quantitative estimate of drug-likeness (QED) is 0.501. The predicted molar refractivity (Wildman–Crippen MR) is 30.8 cm³/mol. The van der Waals surface area contributed by atoms with Crippen LogP contribution in [0.15, 0.2) is 0 Å². The number of hydrogen-bond donors (Lipinski definition) is 1. The average molecular weight is 126 g/mol. The molecule has 3 rings (SSSR count). The zero-order valence-electron chi connectivity index (χ0n) is 5.02. The molecular formula is C6H8NO2. The molecule has 0 aromatic heterocycles. The maximum absolute atomic E-state index is 10.3. The summed E-state index contributed by atoms with van der Waals surface area (Å²) in [6.07, 6.45) is 2.87. The molecule has 2 atom stereocenters. The molecule has 9 heavy (non-hydrogen) atoms. The molecule has 0 saturated carbocycles. The first kappa shape index (κ1) is 5.38. The number of nitrogens with one attached hydrogen (secondary N) is 1. The molecular weight excluding hydrogens is 118 g/mol. The molecule has 0 aliphatic carbocycles. The summed E-state index contributed by atoms with van der Waals surface area (Å²) in [6.45, 7) is 1.26. The SMILES string of the molecule is O=[C]C12COCC(C1)N2. The average Bonchev–Trinajstić information content (AvgIpc) is 1.88. The molecule has 0 aromatic rings. The number of hydrogen-bond acceptors (Lipinski definition) is 3. The highest BCUT2D eigenvalue weighted by Gasteiger charge is 2.48. The lowest BCUT2D eigenvalue weighted by Crippen LogP contribution is -2.72. The minimum atomic E-state index is -0.414. The van der Waals surface area contributed by atoms with Crippen LogP contribution in [-0.4, -0.2) is 31.1 Å². The van der Waals surface area contributed by atoms with Gasteiger partial charge in [-0.25, -0.2) is 0 Å². The Kier molecular flexibility index (Phi) is 0.926. The highest BCUT2D eigenvalue weighted by atomic mass is 16.5. The summed E-state index contributed by atoms with van der Waals surface area (Å²) in [4.78, 5) is 10.3. The van der Waals surface area contributed by atoms with Crippen molar-refractivity contribution in [2.75, 3.05) is 13.2 Å². The van der Waals surface area contributed by atoms with Crippen LogP contribution < -0.4 is 5.32 Å². The molecule has 0 amide bonds. The van der Waals surface area contributed by atoms with E-state index in [2.05, 4.69) is 5.32 Å². The first-order chi connectivity index (χ1) is 4.35. The fourth-order valence-electron chi connectivity index (χ4n) is 1.47. The topological polar surface area (TPSA) is 38.3 Å². The zero-order chi connectivity index (χ0) is 6.32. The third-order valence-corrected chi connectivity index (χ3v) is 1.94. The molecule has 3 nitrogen and oxygen atoms in total. The summed E-state index contributed by atoms with van der Waals surface area (Å²) in [5.41, 5.74) is -0.414. The Morgan fingerprint density at radius 2 is 2.56 bits per heavy atom. The van der Waals surface area contributed by atoms with Crippen LogP contribution >= 0.6 is 0 Å². The number of ether oxygens (including phenoxy) is 1. The number of rotatable bonds is 1. The van der Waals surface area contributed by atoms with Crippen LogP contribution in [0.25, 0.3) is 0 Å². The Bertz CT molecular complexity index is 134. The van der Waals surface area contributed by atoms with Crippen molar-refractivity contribution in [1.82, 2.24) is 5.32 Å². The van der Waals surface area contributed by atoms with E-state index in [1.807, 2.05) is 6.29 Å². The molecule has 2 bridgehead atoms. The lowest BCUT2D eigenvalue weighted by atomic mass is 9.82. The van der Waals surface area contributed by atoms with Gasteiger partial charge in [-0.15, -0.1) is 0 Å². The van der Waals surface area contributed by atoms with E-state index in [0.717, 1.165) is 13.0 Å². The van der Waals surface area contributed by atoms with Crippen LogP contribution in [0.4, 0.5) is 0 Å². The van der Waals surface area contributed by atoms with Crippen LogP contribution in [-0.2, 0) is 9.53 Å². The normalized spacial score (nSPS) is 47.8. The van der Waals surface area contributed by atoms with Gasteiger partial charge < -0.3 is 4.74 Å². The van der Waals surface area contributed by atoms with Crippen LogP contribution in [0.5, 0.6) is 0 Å². The van der Waals surface area contributed by atoms with Crippen LogP contribution in [0.3, 0.4) is 0 Å². The van der Waals surface area contributed by atoms with Gasteiger partial charge in [-0.1, -0.05) is 0 Å². The summed E-state index contributed by atoms with van der Waals surface area (Å²) >= 11 is 0. The van der Waals surface area contributed by atoms with Crippen molar-refractivity contribution in [3.8, 4) is 0 Å². The molecule has 1 radical (unpaired) electrons. The summed E-state index contributed by atoms with van der Waals surface area (Å²) in [5.74, 6) is 0. The van der Waals surface area contributed by atoms with E-state index in [9.17, 15) is 4.79 Å². The molecule has 3 aliphatic rings. The van der Waals surface area contributed by atoms with Gasteiger partial charge in [-0.2, -0.15) is 0 Å². The van der Waals surface area contributed by atoms with Gasteiger partial charge >= 0.3 is 0 Å². The summed E-state index contributed by atoms with van der Waals surface area (Å²) in [5, 5.41) is 3.09. The largest absolute Gasteiger partial charge is 0.377 e. The van der Waals surface area contributed by atoms with Gasteiger partial charge in [0.1, 0.15) is 5.54 Å². The Morgan fingerprint density at radius 1 is 1.78 bits per heavy atom. The molecule has 3 heteroatoms. The molecule has 0 spiro atoms. The Hall–Kier alpha value is -0.410. The van der Waals surface area contributed by atoms with Gasteiger partial charge in [0.05, 0.1) is 13.2 Å². The van der Waals surface area contributed by atoms with Crippen LogP contribution in [0.1, 0.15) is 6.42 Å². The molecule has 2 unspecified atom stereocenters. The number of morpholine rings is 1. The van der Waals surface area contributed by atoms with Crippen LogP contribution in [0, 0.1) is 0 Å². The lowest BCUT2D eigenvalue weighted by molar-refractivity contribution is -0.0447. The first-order valence-electron chi connectivity index (χ1n) is 3.09. The van der Waals surface area contributed by atoms with Crippen molar-refractivity contribution in [2.24, 2.45) is 0 Å². The van der Waals surface area contributed by atoms with E-state index in [4.69, 9.17) is 4.74 Å². The van der Waals surface area contributed by atoms with Gasteiger partial charge in [0.25, 0.3) is 0 Å². The van der Waals surface area contributed by atoms with Crippen molar-refractivity contribution < 1.29 is 9.53 Å². The predicted octanol–water partition coefficient (Wildman–Crippen LogP) is -0.773. The third kappa shape index (κ3) is 0.618.